The van der Waals surface area contributed by atoms with Gasteiger partial charge in [-0.25, -0.2) is 8.78 Å². The molecule has 12 heavy (non-hydrogen) atoms. The van der Waals surface area contributed by atoms with Crippen molar-refractivity contribution in [3.63, 3.8) is 0 Å². The minimum Gasteiger partial charge on any atom is -0.368 e. The van der Waals surface area contributed by atoms with Crippen LogP contribution in [0.3, 0.4) is 0 Å². The van der Waals surface area contributed by atoms with E-state index in [1.165, 1.54) is 4.90 Å². The molecule has 0 radical (unpaired) electrons. The van der Waals surface area contributed by atoms with Gasteiger partial charge in [0.2, 0.25) is 5.91 Å². The van der Waals surface area contributed by atoms with Crippen molar-refractivity contribution in [1.29, 1.82) is 0 Å². The van der Waals surface area contributed by atoms with Crippen LogP contribution < -0.4 is 5.73 Å². The predicted octanol–water partition coefficient (Wildman–Crippen LogP) is 0.201. The highest BCUT2D eigenvalue weighted by atomic mass is 19.3. The Labute approximate surface area is 69.5 Å². The molecule has 3 nitrogen and oxygen atoms in total. The Hall–Kier alpha value is -0.710. The minimum absolute atomic E-state index is 0.350. The minimum atomic E-state index is -2.75. The molecule has 1 atom stereocenters. The molecule has 1 amide bonds. The molecule has 0 aliphatic carbocycles. The number of carbonyl (C=O) groups is 1. The fourth-order valence-electron chi connectivity index (χ4n) is 1.50. The molecule has 0 spiro atoms. The van der Waals surface area contributed by atoms with Gasteiger partial charge in [0.25, 0.3) is 5.92 Å². The number of hydrogen-bond donors (Lipinski definition) is 1. The van der Waals surface area contributed by atoms with Gasteiger partial charge in [0, 0.05) is 6.42 Å². The number of rotatable bonds is 2. The Morgan fingerprint density at radius 2 is 2.33 bits per heavy atom. The molecule has 0 bridgehead atoms. The van der Waals surface area contributed by atoms with Crippen molar-refractivity contribution in [2.75, 3.05) is 13.1 Å². The lowest BCUT2D eigenvalue weighted by Crippen LogP contribution is -2.39. The highest BCUT2D eigenvalue weighted by Gasteiger charge is 2.46. The Morgan fingerprint density at radius 3 is 2.67 bits per heavy atom. The van der Waals surface area contributed by atoms with E-state index in [9.17, 15) is 13.6 Å². The molecular weight excluding hydrogens is 166 g/mol. The Balaban J connectivity index is 2.69. The van der Waals surface area contributed by atoms with Gasteiger partial charge in [-0.05, 0) is 6.54 Å². The van der Waals surface area contributed by atoms with Crippen LogP contribution in [0.4, 0.5) is 8.78 Å². The Kier molecular flexibility index (Phi) is 2.32. The van der Waals surface area contributed by atoms with E-state index in [1.54, 1.807) is 6.92 Å². The van der Waals surface area contributed by atoms with E-state index in [0.29, 0.717) is 6.54 Å². The van der Waals surface area contributed by atoms with Crippen molar-refractivity contribution >= 4 is 5.91 Å². The summed E-state index contributed by atoms with van der Waals surface area (Å²) >= 11 is 0. The van der Waals surface area contributed by atoms with Gasteiger partial charge in [-0.3, -0.25) is 9.69 Å². The molecule has 1 fully saturated rings. The zero-order chi connectivity index (χ0) is 9.35. The van der Waals surface area contributed by atoms with Crippen LogP contribution in [0.25, 0.3) is 0 Å². The van der Waals surface area contributed by atoms with Crippen molar-refractivity contribution in [2.45, 2.75) is 25.3 Å². The fraction of sp³-hybridized carbons (Fsp3) is 0.857. The van der Waals surface area contributed by atoms with Gasteiger partial charge in [0.05, 0.1) is 12.6 Å². The zero-order valence-corrected chi connectivity index (χ0v) is 6.89. The lowest BCUT2D eigenvalue weighted by atomic mass is 10.2. The van der Waals surface area contributed by atoms with Crippen LogP contribution in [0.15, 0.2) is 0 Å². The molecule has 1 aliphatic heterocycles. The highest BCUT2D eigenvalue weighted by Crippen LogP contribution is 2.31. The predicted molar refractivity (Wildman–Crippen MR) is 39.8 cm³/mol. The van der Waals surface area contributed by atoms with Crippen LogP contribution in [-0.4, -0.2) is 35.9 Å². The molecule has 70 valence electrons. The van der Waals surface area contributed by atoms with Crippen LogP contribution in [-0.2, 0) is 4.79 Å². The molecule has 5 heteroatoms. The number of nitrogens with two attached hydrogens (primary N) is 1. The number of likely N-dealkylation sites (N-methyl/N-ethyl adjacent to an activating group) is 1. The second kappa shape index (κ2) is 2.97. The molecule has 1 rings (SSSR count). The SMILES string of the molecule is CCN1CC(F)(F)C[C@H]1C(N)=O. The second-order valence-corrected chi connectivity index (χ2v) is 3.04. The summed E-state index contributed by atoms with van der Waals surface area (Å²) in [5, 5.41) is 0. The van der Waals surface area contributed by atoms with Crippen LogP contribution in [0.2, 0.25) is 0 Å². The van der Waals surface area contributed by atoms with E-state index in [2.05, 4.69) is 0 Å². The van der Waals surface area contributed by atoms with Crippen molar-refractivity contribution in [3.05, 3.63) is 0 Å². The van der Waals surface area contributed by atoms with Gasteiger partial charge < -0.3 is 5.73 Å². The maximum atomic E-state index is 12.7. The maximum absolute atomic E-state index is 12.7. The average molecular weight is 178 g/mol. The van der Waals surface area contributed by atoms with Crippen molar-refractivity contribution < 1.29 is 13.6 Å². The summed E-state index contributed by atoms with van der Waals surface area (Å²) in [7, 11) is 0. The number of hydrogen-bond acceptors (Lipinski definition) is 2. The summed E-state index contributed by atoms with van der Waals surface area (Å²) in [6.07, 6.45) is -0.434. The molecule has 1 heterocycles. The van der Waals surface area contributed by atoms with Crippen molar-refractivity contribution in [2.24, 2.45) is 5.73 Å². The molecule has 1 saturated heterocycles. The van der Waals surface area contributed by atoms with Crippen molar-refractivity contribution in [1.82, 2.24) is 4.90 Å². The van der Waals surface area contributed by atoms with E-state index in [-0.39, 0.29) is 6.54 Å². The summed E-state index contributed by atoms with van der Waals surface area (Å²) < 4.78 is 25.5. The first kappa shape index (κ1) is 9.38. The summed E-state index contributed by atoms with van der Waals surface area (Å²) in [6, 6.07) is -0.787. The molecule has 0 aromatic carbocycles. The number of alkyl halides is 2. The first-order valence-corrected chi connectivity index (χ1v) is 3.87. The fourth-order valence-corrected chi connectivity index (χ4v) is 1.50. The molecule has 0 aromatic rings. The van der Waals surface area contributed by atoms with Crippen LogP contribution >= 0.6 is 0 Å². The van der Waals surface area contributed by atoms with Gasteiger partial charge in [-0.15, -0.1) is 0 Å². The normalized spacial score (nSPS) is 29.1. The highest BCUT2D eigenvalue weighted by molar-refractivity contribution is 5.80. The van der Waals surface area contributed by atoms with Crippen LogP contribution in [0, 0.1) is 0 Å². The number of halogens is 2. The van der Waals surface area contributed by atoms with E-state index >= 15 is 0 Å². The third kappa shape index (κ3) is 1.72. The molecule has 0 saturated carbocycles. The van der Waals surface area contributed by atoms with E-state index in [1.807, 2.05) is 0 Å². The van der Waals surface area contributed by atoms with E-state index in [0.717, 1.165) is 0 Å². The van der Waals surface area contributed by atoms with Crippen LogP contribution in [0.5, 0.6) is 0 Å². The first-order valence-electron chi connectivity index (χ1n) is 3.87. The number of carbonyl (C=O) groups excluding carboxylic acids is 1. The Morgan fingerprint density at radius 1 is 1.75 bits per heavy atom. The summed E-state index contributed by atoms with van der Waals surface area (Å²) in [5.74, 6) is -3.41. The number of primary amides is 1. The van der Waals surface area contributed by atoms with Gasteiger partial charge in [0.1, 0.15) is 0 Å². The topological polar surface area (TPSA) is 46.3 Å². The summed E-state index contributed by atoms with van der Waals surface area (Å²) in [4.78, 5) is 12.1. The van der Waals surface area contributed by atoms with E-state index < -0.39 is 24.3 Å². The zero-order valence-electron chi connectivity index (χ0n) is 6.89. The number of amides is 1. The van der Waals surface area contributed by atoms with Crippen molar-refractivity contribution in [3.8, 4) is 0 Å². The summed E-state index contributed by atoms with van der Waals surface area (Å²) in [5.41, 5.74) is 4.97. The number of nitrogens with zero attached hydrogens (tertiary/aromatic N) is 1. The summed E-state index contributed by atoms with van der Waals surface area (Å²) in [6.45, 7) is 1.82. The van der Waals surface area contributed by atoms with Gasteiger partial charge in [0.15, 0.2) is 0 Å². The van der Waals surface area contributed by atoms with E-state index in [4.69, 9.17) is 5.73 Å². The number of likely N-dealkylation sites (tertiary alicyclic amines) is 1. The smallest absolute Gasteiger partial charge is 0.262 e. The van der Waals surface area contributed by atoms with Crippen LogP contribution in [0.1, 0.15) is 13.3 Å². The van der Waals surface area contributed by atoms with Gasteiger partial charge >= 0.3 is 0 Å². The Bertz CT molecular complexity index is 196. The molecule has 0 aromatic heterocycles. The third-order valence-corrected chi connectivity index (χ3v) is 2.10. The monoisotopic (exact) mass is 178 g/mol. The van der Waals surface area contributed by atoms with Gasteiger partial charge in [-0.1, -0.05) is 6.92 Å². The largest absolute Gasteiger partial charge is 0.368 e. The third-order valence-electron chi connectivity index (χ3n) is 2.10. The lowest BCUT2D eigenvalue weighted by molar-refractivity contribution is -0.122. The molecular formula is C7H12F2N2O. The molecule has 1 aliphatic rings. The quantitative estimate of drug-likeness (QED) is 0.656. The first-order chi connectivity index (χ1) is 5.46. The molecule has 0 unspecified atom stereocenters. The standard InChI is InChI=1S/C7H12F2N2O/c1-2-11-4-7(8,9)3-5(11)6(10)12/h5H,2-4H2,1H3,(H2,10,12)/t5-/m0/s1. The van der Waals surface area contributed by atoms with Gasteiger partial charge in [-0.2, -0.15) is 0 Å². The lowest BCUT2D eigenvalue weighted by Gasteiger charge is -2.17. The second-order valence-electron chi connectivity index (χ2n) is 3.04. The maximum Gasteiger partial charge on any atom is 0.262 e. The molecule has 2 N–H and O–H groups in total. The average Bonchev–Trinajstić information content (AvgIpc) is 2.25.